The van der Waals surface area contributed by atoms with Gasteiger partial charge in [0.2, 0.25) is 5.91 Å². The van der Waals surface area contributed by atoms with Gasteiger partial charge in [-0.1, -0.05) is 49.4 Å². The van der Waals surface area contributed by atoms with E-state index in [1.807, 2.05) is 19.2 Å². The van der Waals surface area contributed by atoms with E-state index in [0.717, 1.165) is 29.6 Å². The first-order valence-corrected chi connectivity index (χ1v) is 9.28. The quantitative estimate of drug-likeness (QED) is 0.720. The van der Waals surface area contributed by atoms with E-state index in [9.17, 15) is 4.79 Å². The molecule has 1 aromatic heterocycles. The summed E-state index contributed by atoms with van der Waals surface area (Å²) in [6.07, 6.45) is 0. The minimum absolute atomic E-state index is 0.122. The van der Waals surface area contributed by atoms with E-state index in [1.165, 1.54) is 17.3 Å². The average molecular weight is 347 g/mol. The molecule has 1 heterocycles. The molecule has 0 atom stereocenters. The summed E-state index contributed by atoms with van der Waals surface area (Å²) in [6.45, 7) is 9.90. The van der Waals surface area contributed by atoms with E-state index in [4.69, 9.17) is 0 Å². The summed E-state index contributed by atoms with van der Waals surface area (Å²) in [7, 11) is 1.85. The normalized spacial score (nSPS) is 11.1. The molecule has 0 fully saturated rings. The van der Waals surface area contributed by atoms with E-state index in [1.54, 1.807) is 4.90 Å². The first-order valence-electron chi connectivity index (χ1n) is 8.29. The highest BCUT2D eigenvalue weighted by Gasteiger charge is 2.16. The summed E-state index contributed by atoms with van der Waals surface area (Å²) >= 11 is 1.45. The second kappa shape index (κ2) is 8.33. The van der Waals surface area contributed by atoms with E-state index >= 15 is 0 Å². The van der Waals surface area contributed by atoms with Crippen LogP contribution in [0.15, 0.2) is 29.4 Å². The largest absolute Gasteiger partial charge is 0.345 e. The van der Waals surface area contributed by atoms with Crippen molar-refractivity contribution in [2.24, 2.45) is 5.92 Å². The van der Waals surface area contributed by atoms with Crippen molar-refractivity contribution in [3.8, 4) is 11.4 Å². The Hall–Kier alpha value is -1.82. The highest BCUT2D eigenvalue weighted by atomic mass is 32.2. The lowest BCUT2D eigenvalue weighted by atomic mass is 10.1. The first kappa shape index (κ1) is 18.5. The van der Waals surface area contributed by atoms with Gasteiger partial charge in [0.1, 0.15) is 0 Å². The Morgan fingerprint density at radius 2 is 2.08 bits per heavy atom. The summed E-state index contributed by atoms with van der Waals surface area (Å²) in [5.41, 5.74) is 2.25. The molecule has 0 radical (unpaired) electrons. The maximum Gasteiger partial charge on any atom is 0.232 e. The smallest absolute Gasteiger partial charge is 0.232 e. The van der Waals surface area contributed by atoms with Gasteiger partial charge in [0, 0.05) is 25.7 Å². The van der Waals surface area contributed by atoms with Crippen molar-refractivity contribution < 1.29 is 4.79 Å². The fourth-order valence-corrected chi connectivity index (χ4v) is 3.51. The highest BCUT2D eigenvalue weighted by Crippen LogP contribution is 2.24. The van der Waals surface area contributed by atoms with Crippen LogP contribution in [0, 0.1) is 12.8 Å². The number of nitrogens with zero attached hydrogens (tertiary/aromatic N) is 4. The lowest BCUT2D eigenvalue weighted by Gasteiger charge is -2.19. The van der Waals surface area contributed by atoms with E-state index in [-0.39, 0.29) is 5.91 Å². The number of amides is 1. The third-order valence-corrected chi connectivity index (χ3v) is 4.65. The number of benzene rings is 1. The Morgan fingerprint density at radius 3 is 2.71 bits per heavy atom. The number of aromatic nitrogens is 3. The van der Waals surface area contributed by atoms with Crippen molar-refractivity contribution in [3.05, 3.63) is 29.8 Å². The number of aryl methyl sites for hydroxylation is 1. The monoisotopic (exact) mass is 346 g/mol. The molecule has 5 nitrogen and oxygen atoms in total. The van der Waals surface area contributed by atoms with Gasteiger partial charge in [0.05, 0.1) is 5.75 Å². The second-order valence-electron chi connectivity index (χ2n) is 6.38. The standard InChI is InChI=1S/C18H26N4OS/c1-6-22-17(15-9-7-8-14(4)10-15)19-20-18(22)24-12-16(23)21(5)11-13(2)3/h7-10,13H,6,11-12H2,1-5H3. The molecular weight excluding hydrogens is 320 g/mol. The van der Waals surface area contributed by atoms with Crippen LogP contribution in [0.4, 0.5) is 0 Å². The Bertz CT molecular complexity index is 696. The summed E-state index contributed by atoms with van der Waals surface area (Å²) in [5, 5.41) is 9.42. The van der Waals surface area contributed by atoms with E-state index in [2.05, 4.69) is 54.6 Å². The predicted octanol–water partition coefficient (Wildman–Crippen LogP) is 3.48. The lowest BCUT2D eigenvalue weighted by Crippen LogP contribution is -2.31. The topological polar surface area (TPSA) is 51.0 Å². The van der Waals surface area contributed by atoms with Crippen molar-refractivity contribution in [2.75, 3.05) is 19.3 Å². The number of hydrogen-bond acceptors (Lipinski definition) is 4. The Morgan fingerprint density at radius 1 is 1.33 bits per heavy atom. The average Bonchev–Trinajstić information content (AvgIpc) is 2.94. The number of thioether (sulfide) groups is 1. The maximum atomic E-state index is 12.2. The SMILES string of the molecule is CCn1c(SCC(=O)N(C)CC(C)C)nnc1-c1cccc(C)c1. The molecular formula is C18H26N4OS. The number of carbonyl (C=O) groups excluding carboxylic acids is 1. The zero-order valence-electron chi connectivity index (χ0n) is 15.1. The summed E-state index contributed by atoms with van der Waals surface area (Å²) in [4.78, 5) is 14.0. The fourth-order valence-electron chi connectivity index (χ4n) is 2.56. The van der Waals surface area contributed by atoms with Gasteiger partial charge in [-0.3, -0.25) is 4.79 Å². The van der Waals surface area contributed by atoms with Crippen LogP contribution in [0.1, 0.15) is 26.3 Å². The minimum Gasteiger partial charge on any atom is -0.345 e. The molecule has 0 aliphatic heterocycles. The zero-order chi connectivity index (χ0) is 17.7. The van der Waals surface area contributed by atoms with E-state index < -0.39 is 0 Å². The van der Waals surface area contributed by atoms with Crippen LogP contribution < -0.4 is 0 Å². The van der Waals surface area contributed by atoms with Crippen molar-refractivity contribution in [1.82, 2.24) is 19.7 Å². The van der Waals surface area contributed by atoms with Gasteiger partial charge in [-0.25, -0.2) is 0 Å². The van der Waals surface area contributed by atoms with Crippen molar-refractivity contribution in [3.63, 3.8) is 0 Å². The molecule has 130 valence electrons. The third kappa shape index (κ3) is 4.60. The molecule has 1 amide bonds. The minimum atomic E-state index is 0.122. The molecule has 6 heteroatoms. The molecule has 0 bridgehead atoms. The van der Waals surface area contributed by atoms with Gasteiger partial charge in [-0.2, -0.15) is 0 Å². The summed E-state index contributed by atoms with van der Waals surface area (Å²) < 4.78 is 2.06. The Balaban J connectivity index is 2.11. The van der Waals surface area contributed by atoms with Crippen molar-refractivity contribution >= 4 is 17.7 Å². The van der Waals surface area contributed by atoms with Crippen LogP contribution in [0.3, 0.4) is 0 Å². The second-order valence-corrected chi connectivity index (χ2v) is 7.32. The molecule has 2 rings (SSSR count). The molecule has 1 aromatic carbocycles. The van der Waals surface area contributed by atoms with Gasteiger partial charge < -0.3 is 9.47 Å². The Kier molecular flexibility index (Phi) is 6.43. The third-order valence-electron chi connectivity index (χ3n) is 3.70. The van der Waals surface area contributed by atoms with Crippen LogP contribution in [0.5, 0.6) is 0 Å². The van der Waals surface area contributed by atoms with Crippen LogP contribution in [0.2, 0.25) is 0 Å². The number of hydrogen-bond donors (Lipinski definition) is 0. The molecule has 0 spiro atoms. The van der Waals surface area contributed by atoms with Gasteiger partial charge >= 0.3 is 0 Å². The van der Waals surface area contributed by atoms with Crippen LogP contribution in [-0.4, -0.2) is 44.9 Å². The first-order chi connectivity index (χ1) is 11.4. The van der Waals surface area contributed by atoms with Gasteiger partial charge in [-0.15, -0.1) is 10.2 Å². The molecule has 2 aromatic rings. The lowest BCUT2D eigenvalue weighted by molar-refractivity contribution is -0.127. The molecule has 24 heavy (non-hydrogen) atoms. The number of carbonyl (C=O) groups is 1. The van der Waals surface area contributed by atoms with Gasteiger partial charge in [0.15, 0.2) is 11.0 Å². The zero-order valence-corrected chi connectivity index (χ0v) is 15.9. The molecule has 0 saturated carbocycles. The molecule has 0 aliphatic rings. The molecule has 0 N–H and O–H groups in total. The summed E-state index contributed by atoms with van der Waals surface area (Å²) in [6, 6.07) is 8.23. The Labute approximate surface area is 148 Å². The van der Waals surface area contributed by atoms with Crippen molar-refractivity contribution in [2.45, 2.75) is 39.4 Å². The molecule has 0 saturated heterocycles. The van der Waals surface area contributed by atoms with Crippen LogP contribution in [0.25, 0.3) is 11.4 Å². The molecule has 0 aliphatic carbocycles. The molecule has 0 unspecified atom stereocenters. The maximum absolute atomic E-state index is 12.2. The van der Waals surface area contributed by atoms with Crippen LogP contribution >= 0.6 is 11.8 Å². The van der Waals surface area contributed by atoms with Crippen molar-refractivity contribution in [1.29, 1.82) is 0 Å². The van der Waals surface area contributed by atoms with Crippen LogP contribution in [-0.2, 0) is 11.3 Å². The van der Waals surface area contributed by atoms with Gasteiger partial charge in [-0.05, 0) is 25.8 Å². The number of rotatable bonds is 7. The predicted molar refractivity (Wildman–Crippen MR) is 99.1 cm³/mol. The van der Waals surface area contributed by atoms with E-state index in [0.29, 0.717) is 11.7 Å². The summed E-state index contributed by atoms with van der Waals surface area (Å²) in [5.74, 6) is 1.83. The van der Waals surface area contributed by atoms with Gasteiger partial charge in [0.25, 0.3) is 0 Å². The fraction of sp³-hybridized carbons (Fsp3) is 0.500. The highest BCUT2D eigenvalue weighted by molar-refractivity contribution is 7.99.